The van der Waals surface area contributed by atoms with E-state index in [1.54, 1.807) is 0 Å². The molecule has 1 aliphatic heterocycles. The van der Waals surface area contributed by atoms with E-state index in [0.29, 0.717) is 6.54 Å². The van der Waals surface area contributed by atoms with Crippen molar-refractivity contribution in [1.29, 1.82) is 0 Å². The summed E-state index contributed by atoms with van der Waals surface area (Å²) in [6.45, 7) is 3.15. The summed E-state index contributed by atoms with van der Waals surface area (Å²) in [6, 6.07) is -0.0787. The minimum absolute atomic E-state index is 0.269. The van der Waals surface area contributed by atoms with Crippen LogP contribution in [0.3, 0.4) is 0 Å². The predicted molar refractivity (Wildman–Crippen MR) is 67.6 cm³/mol. The monoisotopic (exact) mass is 258 g/mol. The molecule has 18 heavy (non-hydrogen) atoms. The van der Waals surface area contributed by atoms with Crippen LogP contribution in [0.25, 0.3) is 0 Å². The zero-order valence-corrected chi connectivity index (χ0v) is 11.2. The van der Waals surface area contributed by atoms with Gasteiger partial charge in [0, 0.05) is 39.3 Å². The van der Waals surface area contributed by atoms with Crippen molar-refractivity contribution in [3.8, 4) is 0 Å². The highest BCUT2D eigenvalue weighted by Crippen LogP contribution is 2.04. The molecular weight excluding hydrogens is 236 g/mol. The second-order valence-electron chi connectivity index (χ2n) is 4.83. The summed E-state index contributed by atoms with van der Waals surface area (Å²) in [5.41, 5.74) is 0. The first kappa shape index (κ1) is 14.7. The Labute approximate surface area is 107 Å². The van der Waals surface area contributed by atoms with Crippen LogP contribution >= 0.6 is 0 Å². The maximum Gasteiger partial charge on any atom is 0.323 e. The highest BCUT2D eigenvalue weighted by atomic mass is 16.4. The molecule has 1 unspecified atom stereocenters. The summed E-state index contributed by atoms with van der Waals surface area (Å²) in [5, 5.41) is 11.4. The zero-order valence-electron chi connectivity index (χ0n) is 11.2. The van der Waals surface area contributed by atoms with Crippen molar-refractivity contribution in [3.05, 3.63) is 0 Å². The number of urea groups is 1. The fourth-order valence-corrected chi connectivity index (χ4v) is 1.94. The molecule has 0 spiro atoms. The van der Waals surface area contributed by atoms with Crippen molar-refractivity contribution >= 4 is 12.0 Å². The van der Waals surface area contributed by atoms with Crippen molar-refractivity contribution in [2.75, 3.05) is 53.9 Å². The van der Waals surface area contributed by atoms with Gasteiger partial charge in [-0.25, -0.2) is 4.79 Å². The maximum absolute atomic E-state index is 11.6. The summed E-state index contributed by atoms with van der Waals surface area (Å²) >= 11 is 0. The molecule has 104 valence electrons. The number of rotatable bonds is 4. The van der Waals surface area contributed by atoms with Crippen molar-refractivity contribution < 1.29 is 14.7 Å². The van der Waals surface area contributed by atoms with Crippen LogP contribution in [0.1, 0.15) is 0 Å². The van der Waals surface area contributed by atoms with E-state index in [1.807, 2.05) is 7.05 Å². The van der Waals surface area contributed by atoms with E-state index in [9.17, 15) is 9.59 Å². The molecule has 0 aromatic heterocycles. The Balaban J connectivity index is 2.34. The highest BCUT2D eigenvalue weighted by Gasteiger charge is 2.23. The Bertz CT molecular complexity index is 311. The number of piperazine rings is 1. The quantitative estimate of drug-likeness (QED) is 0.673. The van der Waals surface area contributed by atoms with Crippen LogP contribution in [0.4, 0.5) is 4.79 Å². The molecule has 1 saturated heterocycles. The molecule has 0 bridgehead atoms. The van der Waals surface area contributed by atoms with Crippen LogP contribution in [0, 0.1) is 0 Å². The van der Waals surface area contributed by atoms with Crippen LogP contribution < -0.4 is 5.32 Å². The minimum atomic E-state index is -1.01. The second kappa shape index (κ2) is 6.55. The number of nitrogens with one attached hydrogen (secondary N) is 1. The lowest BCUT2D eigenvalue weighted by atomic mass is 10.2. The molecule has 1 heterocycles. The predicted octanol–water partition coefficient (Wildman–Crippen LogP) is -1.04. The van der Waals surface area contributed by atoms with Gasteiger partial charge in [-0.2, -0.15) is 0 Å². The lowest BCUT2D eigenvalue weighted by Crippen LogP contribution is -2.55. The second-order valence-corrected chi connectivity index (χ2v) is 4.83. The number of hydrogen-bond acceptors (Lipinski definition) is 4. The van der Waals surface area contributed by atoms with Gasteiger partial charge in [0.1, 0.15) is 6.54 Å². The molecule has 7 heteroatoms. The number of carbonyl (C=O) groups excluding carboxylic acids is 1. The normalized spacial score (nSPS) is 21.6. The number of carboxylic acids is 1. The zero-order chi connectivity index (χ0) is 13.7. The Hall–Kier alpha value is -1.34. The van der Waals surface area contributed by atoms with E-state index in [0.717, 1.165) is 24.5 Å². The number of hydrogen-bond donors (Lipinski definition) is 2. The summed E-state index contributed by atoms with van der Waals surface area (Å²) in [5.74, 6) is -1.01. The third-order valence-electron chi connectivity index (χ3n) is 3.19. The fourth-order valence-electron chi connectivity index (χ4n) is 1.94. The van der Waals surface area contributed by atoms with Crippen molar-refractivity contribution in [2.45, 2.75) is 6.04 Å². The average Bonchev–Trinajstić information content (AvgIpc) is 2.29. The van der Waals surface area contributed by atoms with Crippen LogP contribution in [0.5, 0.6) is 0 Å². The largest absolute Gasteiger partial charge is 0.480 e. The summed E-state index contributed by atoms with van der Waals surface area (Å²) in [6.07, 6.45) is 0. The number of nitrogens with zero attached hydrogens (tertiary/aromatic N) is 3. The third kappa shape index (κ3) is 4.50. The van der Waals surface area contributed by atoms with Gasteiger partial charge in [0.25, 0.3) is 0 Å². The number of aliphatic carboxylic acids is 1. The van der Waals surface area contributed by atoms with E-state index in [4.69, 9.17) is 5.11 Å². The highest BCUT2D eigenvalue weighted by molar-refractivity contribution is 5.79. The number of amides is 2. The van der Waals surface area contributed by atoms with Gasteiger partial charge >= 0.3 is 12.0 Å². The van der Waals surface area contributed by atoms with Crippen molar-refractivity contribution in [3.63, 3.8) is 0 Å². The molecule has 2 amide bonds. The van der Waals surface area contributed by atoms with Crippen molar-refractivity contribution in [2.24, 2.45) is 0 Å². The maximum atomic E-state index is 11.6. The van der Waals surface area contributed by atoms with E-state index in [2.05, 4.69) is 22.2 Å². The molecule has 1 rings (SSSR count). The summed E-state index contributed by atoms with van der Waals surface area (Å²) < 4.78 is 0. The minimum Gasteiger partial charge on any atom is -0.480 e. The molecule has 0 aromatic carbocycles. The van der Waals surface area contributed by atoms with Gasteiger partial charge in [0.2, 0.25) is 0 Å². The van der Waals surface area contributed by atoms with Crippen LogP contribution in [0.2, 0.25) is 0 Å². The Kier molecular flexibility index (Phi) is 5.36. The van der Waals surface area contributed by atoms with Crippen LogP contribution in [-0.4, -0.2) is 91.7 Å². The van der Waals surface area contributed by atoms with Crippen LogP contribution in [-0.2, 0) is 4.79 Å². The number of carboxylic acid groups (broad SMARTS) is 1. The Morgan fingerprint density at radius 1 is 1.39 bits per heavy atom. The molecule has 7 nitrogen and oxygen atoms in total. The number of carbonyl (C=O) groups is 2. The average molecular weight is 258 g/mol. The van der Waals surface area contributed by atoms with Gasteiger partial charge in [-0.15, -0.1) is 0 Å². The van der Waals surface area contributed by atoms with Gasteiger partial charge in [-0.05, 0) is 14.1 Å². The topological polar surface area (TPSA) is 76.1 Å². The summed E-state index contributed by atoms with van der Waals surface area (Å²) in [7, 11) is 5.56. The molecule has 1 fully saturated rings. The molecule has 1 aliphatic rings. The van der Waals surface area contributed by atoms with Gasteiger partial charge < -0.3 is 20.2 Å². The smallest absolute Gasteiger partial charge is 0.323 e. The van der Waals surface area contributed by atoms with Gasteiger partial charge in [0.05, 0.1) is 0 Å². The van der Waals surface area contributed by atoms with Gasteiger partial charge in [-0.1, -0.05) is 0 Å². The summed E-state index contributed by atoms with van der Waals surface area (Å²) in [4.78, 5) is 27.7. The Morgan fingerprint density at radius 3 is 2.67 bits per heavy atom. The number of likely N-dealkylation sites (N-methyl/N-ethyl adjacent to an activating group) is 3. The van der Waals surface area contributed by atoms with E-state index < -0.39 is 5.97 Å². The molecule has 0 saturated carbocycles. The standard InChI is InChI=1S/C11H22N4O3/c1-13-4-5-14(2)9(7-13)6-12-11(18)15(3)8-10(16)17/h9H,4-8H2,1-3H3,(H,12,18)(H,16,17). The molecule has 0 aromatic rings. The van der Waals surface area contributed by atoms with E-state index in [-0.39, 0.29) is 18.6 Å². The van der Waals surface area contributed by atoms with E-state index >= 15 is 0 Å². The molecule has 1 atom stereocenters. The lowest BCUT2D eigenvalue weighted by molar-refractivity contribution is -0.137. The van der Waals surface area contributed by atoms with Gasteiger partial charge in [0.15, 0.2) is 0 Å². The first-order valence-corrected chi connectivity index (χ1v) is 5.99. The SMILES string of the molecule is CN1CCN(C)C(CNC(=O)N(C)CC(=O)O)C1. The lowest BCUT2D eigenvalue weighted by Gasteiger charge is -2.37. The molecular formula is C11H22N4O3. The van der Waals surface area contributed by atoms with Crippen LogP contribution in [0.15, 0.2) is 0 Å². The Morgan fingerprint density at radius 2 is 2.06 bits per heavy atom. The van der Waals surface area contributed by atoms with Gasteiger partial charge in [-0.3, -0.25) is 9.69 Å². The fraction of sp³-hybridized carbons (Fsp3) is 0.818. The molecule has 2 N–H and O–H groups in total. The molecule has 0 radical (unpaired) electrons. The van der Waals surface area contributed by atoms with E-state index in [1.165, 1.54) is 7.05 Å². The first-order chi connectivity index (χ1) is 8.40. The first-order valence-electron chi connectivity index (χ1n) is 5.99. The third-order valence-corrected chi connectivity index (χ3v) is 3.19. The molecule has 0 aliphatic carbocycles. The van der Waals surface area contributed by atoms with Crippen molar-refractivity contribution in [1.82, 2.24) is 20.0 Å².